The van der Waals surface area contributed by atoms with Crippen molar-refractivity contribution in [2.45, 2.75) is 39.2 Å². The lowest BCUT2D eigenvalue weighted by Gasteiger charge is -2.27. The fraction of sp³-hybridized carbons (Fsp3) is 0.500. The molecule has 1 heterocycles. The molecule has 0 spiro atoms. The lowest BCUT2D eigenvalue weighted by atomic mass is 9.95. The molecule has 1 amide bonds. The number of amides is 1. The van der Waals surface area contributed by atoms with Gasteiger partial charge in [0.2, 0.25) is 0 Å². The molecule has 0 saturated heterocycles. The van der Waals surface area contributed by atoms with Gasteiger partial charge in [-0.25, -0.2) is 0 Å². The monoisotopic (exact) mass is 265 g/mol. The van der Waals surface area contributed by atoms with Gasteiger partial charge >= 0.3 is 0 Å². The Hall–Kier alpha value is -1.31. The molecule has 18 heavy (non-hydrogen) atoms. The maximum atomic E-state index is 12.1. The molecule has 0 aliphatic rings. The molecule has 0 unspecified atom stereocenters. The number of aliphatic hydroxyl groups is 1. The van der Waals surface area contributed by atoms with E-state index in [1.54, 1.807) is 11.4 Å². The van der Waals surface area contributed by atoms with E-state index in [9.17, 15) is 4.79 Å². The molecule has 0 aliphatic heterocycles. The average Bonchev–Trinajstić information content (AvgIpc) is 2.85. The first-order valence-corrected chi connectivity index (χ1v) is 6.93. The molecule has 1 rings (SSSR count). The van der Waals surface area contributed by atoms with Crippen LogP contribution in [0, 0.1) is 11.8 Å². The van der Waals surface area contributed by atoms with Gasteiger partial charge in [0, 0.05) is 10.9 Å². The zero-order valence-electron chi connectivity index (χ0n) is 11.0. The molecule has 1 aromatic rings. The predicted molar refractivity (Wildman–Crippen MR) is 74.7 cm³/mol. The predicted octanol–water partition coefficient (Wildman–Crippen LogP) is 2.40. The van der Waals surface area contributed by atoms with Crippen LogP contribution in [0.2, 0.25) is 0 Å². The van der Waals surface area contributed by atoms with E-state index in [1.807, 2.05) is 6.92 Å². The minimum Gasteiger partial charge on any atom is -0.384 e. The Labute approximate surface area is 112 Å². The van der Waals surface area contributed by atoms with Gasteiger partial charge in [-0.3, -0.25) is 4.79 Å². The zero-order valence-corrected chi connectivity index (χ0v) is 11.9. The minimum atomic E-state index is -0.164. The Morgan fingerprint density at radius 2 is 2.17 bits per heavy atom. The van der Waals surface area contributed by atoms with E-state index in [0.717, 1.165) is 17.7 Å². The molecule has 0 atom stereocenters. The SMILES string of the molecule is CCC(C)(CC)NC(=O)c1csc(C#CCO)c1. The number of aliphatic hydroxyl groups excluding tert-OH is 1. The van der Waals surface area contributed by atoms with Crippen LogP contribution < -0.4 is 5.32 Å². The number of hydrogen-bond acceptors (Lipinski definition) is 3. The Morgan fingerprint density at radius 3 is 2.72 bits per heavy atom. The maximum Gasteiger partial charge on any atom is 0.252 e. The second-order valence-electron chi connectivity index (χ2n) is 4.38. The minimum absolute atomic E-state index is 0.0606. The molecule has 1 aromatic heterocycles. The van der Waals surface area contributed by atoms with Crippen molar-refractivity contribution in [1.29, 1.82) is 0 Å². The Kier molecular flexibility index (Phi) is 5.39. The van der Waals surface area contributed by atoms with Crippen molar-refractivity contribution in [2.24, 2.45) is 0 Å². The van der Waals surface area contributed by atoms with Crippen molar-refractivity contribution in [3.63, 3.8) is 0 Å². The van der Waals surface area contributed by atoms with Gasteiger partial charge in [-0.05, 0) is 25.8 Å². The smallest absolute Gasteiger partial charge is 0.252 e. The first kappa shape index (κ1) is 14.7. The van der Waals surface area contributed by atoms with Crippen LogP contribution >= 0.6 is 11.3 Å². The standard InChI is InChI=1S/C14H19NO2S/c1-4-14(3,5-2)15-13(17)11-9-12(18-10-11)7-6-8-16/h9-10,16H,4-5,8H2,1-3H3,(H,15,17). The van der Waals surface area contributed by atoms with E-state index in [4.69, 9.17) is 5.11 Å². The average molecular weight is 265 g/mol. The lowest BCUT2D eigenvalue weighted by molar-refractivity contribution is 0.0901. The van der Waals surface area contributed by atoms with Crippen molar-refractivity contribution in [3.05, 3.63) is 21.9 Å². The Bertz CT molecular complexity index is 464. The number of carbonyl (C=O) groups is 1. The van der Waals surface area contributed by atoms with Gasteiger partial charge in [0.25, 0.3) is 5.91 Å². The van der Waals surface area contributed by atoms with Gasteiger partial charge in [0.05, 0.1) is 10.4 Å². The molecule has 98 valence electrons. The van der Waals surface area contributed by atoms with Gasteiger partial charge in [0.1, 0.15) is 6.61 Å². The van der Waals surface area contributed by atoms with E-state index in [-0.39, 0.29) is 18.1 Å². The third-order valence-corrected chi connectivity index (χ3v) is 3.97. The largest absolute Gasteiger partial charge is 0.384 e. The fourth-order valence-electron chi connectivity index (χ4n) is 1.42. The highest BCUT2D eigenvalue weighted by atomic mass is 32.1. The summed E-state index contributed by atoms with van der Waals surface area (Å²) in [6, 6.07) is 1.76. The van der Waals surface area contributed by atoms with E-state index in [1.165, 1.54) is 11.3 Å². The highest BCUT2D eigenvalue weighted by Crippen LogP contribution is 2.17. The summed E-state index contributed by atoms with van der Waals surface area (Å²) < 4.78 is 0. The van der Waals surface area contributed by atoms with Gasteiger partial charge in [-0.2, -0.15) is 0 Å². The van der Waals surface area contributed by atoms with Crippen LogP contribution in [-0.2, 0) is 0 Å². The normalized spacial score (nSPS) is 10.7. The number of hydrogen-bond donors (Lipinski definition) is 2. The number of thiophene rings is 1. The third-order valence-electron chi connectivity index (χ3n) is 3.13. The zero-order chi connectivity index (χ0) is 13.6. The Balaban J connectivity index is 2.76. The molecule has 0 saturated carbocycles. The second-order valence-corrected chi connectivity index (χ2v) is 5.29. The summed E-state index contributed by atoms with van der Waals surface area (Å²) in [4.78, 5) is 12.9. The first-order valence-electron chi connectivity index (χ1n) is 6.05. The fourth-order valence-corrected chi connectivity index (χ4v) is 2.18. The van der Waals surface area contributed by atoms with Crippen LogP contribution in [0.3, 0.4) is 0 Å². The molecule has 0 aliphatic carbocycles. The van der Waals surface area contributed by atoms with Gasteiger partial charge in [-0.1, -0.05) is 25.7 Å². The van der Waals surface area contributed by atoms with Gasteiger partial charge in [-0.15, -0.1) is 11.3 Å². The maximum absolute atomic E-state index is 12.1. The van der Waals surface area contributed by atoms with E-state index < -0.39 is 0 Å². The van der Waals surface area contributed by atoms with E-state index in [0.29, 0.717) is 5.56 Å². The quantitative estimate of drug-likeness (QED) is 0.821. The summed E-state index contributed by atoms with van der Waals surface area (Å²) in [5.41, 5.74) is 0.478. The van der Waals surface area contributed by atoms with E-state index >= 15 is 0 Å². The van der Waals surface area contributed by atoms with Crippen molar-refractivity contribution < 1.29 is 9.90 Å². The summed E-state index contributed by atoms with van der Waals surface area (Å²) in [6.45, 7) is 6.01. The number of rotatable bonds is 4. The summed E-state index contributed by atoms with van der Waals surface area (Å²) >= 11 is 1.41. The van der Waals surface area contributed by atoms with E-state index in [2.05, 4.69) is 31.0 Å². The van der Waals surface area contributed by atoms with Crippen LogP contribution in [0.25, 0.3) is 0 Å². The van der Waals surface area contributed by atoms with Crippen molar-refractivity contribution in [2.75, 3.05) is 6.61 Å². The first-order chi connectivity index (χ1) is 8.54. The summed E-state index contributed by atoms with van der Waals surface area (Å²) in [5.74, 6) is 5.31. The van der Waals surface area contributed by atoms with Gasteiger partial charge < -0.3 is 10.4 Å². The van der Waals surface area contributed by atoms with Gasteiger partial charge in [0.15, 0.2) is 0 Å². The molecule has 0 fully saturated rings. The summed E-state index contributed by atoms with van der Waals surface area (Å²) in [5, 5.41) is 13.5. The van der Waals surface area contributed by atoms with Crippen LogP contribution in [-0.4, -0.2) is 23.2 Å². The lowest BCUT2D eigenvalue weighted by Crippen LogP contribution is -2.44. The number of nitrogens with one attached hydrogen (secondary N) is 1. The highest BCUT2D eigenvalue weighted by molar-refractivity contribution is 7.10. The second kappa shape index (κ2) is 6.58. The van der Waals surface area contributed by atoms with Crippen LogP contribution in [0.4, 0.5) is 0 Å². The molecule has 0 bridgehead atoms. The third kappa shape index (κ3) is 3.86. The molecule has 4 heteroatoms. The van der Waals surface area contributed by atoms with Crippen molar-refractivity contribution in [1.82, 2.24) is 5.32 Å². The van der Waals surface area contributed by atoms with Crippen molar-refractivity contribution >= 4 is 17.2 Å². The molecular weight excluding hydrogens is 246 g/mol. The topological polar surface area (TPSA) is 49.3 Å². The van der Waals surface area contributed by atoms with Crippen molar-refractivity contribution in [3.8, 4) is 11.8 Å². The molecule has 2 N–H and O–H groups in total. The highest BCUT2D eigenvalue weighted by Gasteiger charge is 2.22. The van der Waals surface area contributed by atoms with Crippen LogP contribution in [0.15, 0.2) is 11.4 Å². The summed E-state index contributed by atoms with van der Waals surface area (Å²) in [7, 11) is 0. The summed E-state index contributed by atoms with van der Waals surface area (Å²) in [6.07, 6.45) is 1.80. The van der Waals surface area contributed by atoms with Crippen LogP contribution in [0.5, 0.6) is 0 Å². The molecule has 0 radical (unpaired) electrons. The number of carbonyl (C=O) groups excluding carboxylic acids is 1. The Morgan fingerprint density at radius 1 is 1.50 bits per heavy atom. The van der Waals surface area contributed by atoms with Crippen LogP contribution in [0.1, 0.15) is 48.8 Å². The molecule has 0 aromatic carbocycles. The molecule has 3 nitrogen and oxygen atoms in total. The molecular formula is C14H19NO2S.